The third-order valence-corrected chi connectivity index (χ3v) is 3.97. The summed E-state index contributed by atoms with van der Waals surface area (Å²) in [5.74, 6) is 1.02. The van der Waals surface area contributed by atoms with E-state index in [9.17, 15) is 0 Å². The molecule has 0 heterocycles. The number of hydrogen-bond acceptors (Lipinski definition) is 2. The van der Waals surface area contributed by atoms with Crippen LogP contribution < -0.4 is 0 Å². The van der Waals surface area contributed by atoms with E-state index in [2.05, 4.69) is 22.4 Å². The summed E-state index contributed by atoms with van der Waals surface area (Å²) < 4.78 is 0. The van der Waals surface area contributed by atoms with Gasteiger partial charge in [0.05, 0.1) is 11.4 Å². The molecule has 1 aliphatic rings. The third kappa shape index (κ3) is 8.47. The second kappa shape index (κ2) is 14.3. The summed E-state index contributed by atoms with van der Waals surface area (Å²) in [5, 5.41) is 7.44. The maximum Gasteiger partial charge on any atom is 2.00 e. The van der Waals surface area contributed by atoms with Crippen LogP contribution in [0.25, 0.3) is 5.41 Å². The predicted octanol–water partition coefficient (Wildman–Crippen LogP) is 6.30. The summed E-state index contributed by atoms with van der Waals surface area (Å²) >= 11 is 0. The summed E-state index contributed by atoms with van der Waals surface area (Å²) in [6, 6.07) is 20.3. The summed E-state index contributed by atoms with van der Waals surface area (Å²) in [6.45, 7) is 1.56. The maximum atomic E-state index is 7.44. The second-order valence-electron chi connectivity index (χ2n) is 5.74. The molecule has 0 amide bonds. The molecule has 4 heteroatoms. The Balaban J connectivity index is 0.00000117. The molecule has 2 aromatic carbocycles. The van der Waals surface area contributed by atoms with Crippen LogP contribution in [0.4, 0.5) is 11.4 Å². The maximum absolute atomic E-state index is 7.44. The Bertz CT molecular complexity index is 598. The number of nitrogens with zero attached hydrogens (tertiary/aromatic N) is 3. The number of rotatable bonds is 4. The van der Waals surface area contributed by atoms with Crippen LogP contribution >= 0.6 is 0 Å². The van der Waals surface area contributed by atoms with Crippen molar-refractivity contribution in [1.82, 2.24) is 0 Å². The largest absolute Gasteiger partial charge is 2.00 e. The quantitative estimate of drug-likeness (QED) is 0.305. The van der Waals surface area contributed by atoms with E-state index in [1.807, 2.05) is 60.7 Å². The minimum absolute atomic E-state index is 0. The van der Waals surface area contributed by atoms with E-state index in [1.165, 1.54) is 19.3 Å². The van der Waals surface area contributed by atoms with Crippen molar-refractivity contribution in [3.8, 4) is 0 Å². The van der Waals surface area contributed by atoms with E-state index in [0.717, 1.165) is 17.6 Å². The number of para-hydroxylation sites is 2. The topological polar surface area (TPSA) is 47.0 Å². The number of benzene rings is 2. The van der Waals surface area contributed by atoms with Gasteiger partial charge in [-0.15, -0.1) is 0 Å². The van der Waals surface area contributed by atoms with E-state index in [4.69, 9.17) is 5.41 Å². The van der Waals surface area contributed by atoms with Gasteiger partial charge in [0, 0.05) is 24.3 Å². The molecule has 3 nitrogen and oxygen atoms in total. The van der Waals surface area contributed by atoms with Gasteiger partial charge < -0.3 is 12.8 Å². The van der Waals surface area contributed by atoms with E-state index < -0.39 is 0 Å². The molecular weight excluding hydrogens is 413 g/mol. The van der Waals surface area contributed by atoms with Gasteiger partial charge in [0.25, 0.3) is 0 Å². The number of hydrogen-bond donors (Lipinski definition) is 0. The van der Waals surface area contributed by atoms with Gasteiger partial charge in [-0.1, -0.05) is 49.7 Å². The van der Waals surface area contributed by atoms with Gasteiger partial charge in [-0.05, 0) is 37.1 Å². The van der Waals surface area contributed by atoms with Crippen LogP contribution in [0.15, 0.2) is 70.6 Å². The second-order valence-corrected chi connectivity index (χ2v) is 5.74. The SMILES string of the molecule is C(=Nc1ccccc1)C1CCCC1C=Nc1ccccc1.CC=[N-].[CH3-].[Pd+2]. The fraction of sp³-hybridized carbons (Fsp3) is 0.273. The molecule has 3 rings (SSSR count). The minimum Gasteiger partial charge on any atom is -0.814 e. The molecule has 0 saturated heterocycles. The first kappa shape index (κ1) is 24.1. The molecule has 0 aromatic heterocycles. The van der Waals surface area contributed by atoms with Gasteiger partial charge in [-0.2, -0.15) is 0 Å². The molecule has 0 radical (unpaired) electrons. The molecule has 0 bridgehead atoms. The van der Waals surface area contributed by atoms with Crippen LogP contribution in [0.2, 0.25) is 0 Å². The van der Waals surface area contributed by atoms with E-state index >= 15 is 0 Å². The van der Waals surface area contributed by atoms with E-state index in [0.29, 0.717) is 11.8 Å². The molecule has 1 saturated carbocycles. The minimum atomic E-state index is 0. The first-order valence-corrected chi connectivity index (χ1v) is 8.44. The van der Waals surface area contributed by atoms with Crippen molar-refractivity contribution in [2.75, 3.05) is 0 Å². The van der Waals surface area contributed by atoms with Gasteiger partial charge >= 0.3 is 20.4 Å². The molecule has 2 aromatic rings. The molecule has 1 aliphatic carbocycles. The molecule has 26 heavy (non-hydrogen) atoms. The van der Waals surface area contributed by atoms with Crippen LogP contribution in [0, 0.1) is 19.3 Å². The normalized spacial score (nSPS) is 18.5. The van der Waals surface area contributed by atoms with Crippen molar-refractivity contribution >= 4 is 30.0 Å². The summed E-state index contributed by atoms with van der Waals surface area (Å²) in [4.78, 5) is 9.21. The molecule has 0 N–H and O–H groups in total. The van der Waals surface area contributed by atoms with Gasteiger partial charge in [0.1, 0.15) is 0 Å². The van der Waals surface area contributed by atoms with Crippen LogP contribution in [-0.2, 0) is 20.4 Å². The molecule has 2 unspecified atom stereocenters. The number of aliphatic imine (C=N–C) groups is 2. The molecule has 0 spiro atoms. The zero-order valence-corrected chi connectivity index (χ0v) is 17.0. The average Bonchev–Trinajstić information content (AvgIpc) is 3.08. The Hall–Kier alpha value is -1.89. The monoisotopic (exact) mass is 439 g/mol. The van der Waals surface area contributed by atoms with Crippen LogP contribution in [-0.4, -0.2) is 18.6 Å². The Morgan fingerprint density at radius 1 is 0.808 bits per heavy atom. The average molecular weight is 440 g/mol. The van der Waals surface area contributed by atoms with Crippen LogP contribution in [0.5, 0.6) is 0 Å². The molecule has 140 valence electrons. The van der Waals surface area contributed by atoms with Crippen molar-refractivity contribution in [3.05, 3.63) is 73.5 Å². The predicted molar refractivity (Wildman–Crippen MR) is 112 cm³/mol. The first-order chi connectivity index (χ1) is 11.8. The Morgan fingerprint density at radius 3 is 1.50 bits per heavy atom. The standard InChI is InChI=1S/C19H20N2.C2H4N.CH3.Pd/c1-3-10-18(11-4-1)20-14-16-8-7-9-17(16)15-21-19-12-5-2-6-13-19;1-2-3;;/h1-6,10-17H,7-9H2;2H,1H3;1H3;/q;2*-1;+2. The Morgan fingerprint density at radius 2 is 1.15 bits per heavy atom. The van der Waals surface area contributed by atoms with Gasteiger partial charge in [0.2, 0.25) is 0 Å². The van der Waals surface area contributed by atoms with Crippen LogP contribution in [0.3, 0.4) is 0 Å². The molecule has 0 aliphatic heterocycles. The summed E-state index contributed by atoms with van der Waals surface area (Å²) in [5.41, 5.74) is 2.06. The Kier molecular flexibility index (Phi) is 13.3. The van der Waals surface area contributed by atoms with Crippen molar-refractivity contribution in [2.24, 2.45) is 21.8 Å². The van der Waals surface area contributed by atoms with E-state index in [1.54, 1.807) is 6.92 Å². The Labute approximate surface area is 171 Å². The zero-order valence-electron chi connectivity index (χ0n) is 15.4. The first-order valence-electron chi connectivity index (χ1n) is 8.44. The van der Waals surface area contributed by atoms with E-state index in [-0.39, 0.29) is 27.8 Å². The van der Waals surface area contributed by atoms with Crippen LogP contribution in [0.1, 0.15) is 26.2 Å². The van der Waals surface area contributed by atoms with Crippen molar-refractivity contribution in [1.29, 1.82) is 0 Å². The van der Waals surface area contributed by atoms with Gasteiger partial charge in [-0.25, -0.2) is 6.21 Å². The van der Waals surface area contributed by atoms with Crippen molar-refractivity contribution in [2.45, 2.75) is 26.2 Å². The summed E-state index contributed by atoms with van der Waals surface area (Å²) in [7, 11) is 0. The van der Waals surface area contributed by atoms with Gasteiger partial charge in [0.15, 0.2) is 0 Å². The third-order valence-electron chi connectivity index (χ3n) is 3.97. The zero-order chi connectivity index (χ0) is 17.0. The smallest absolute Gasteiger partial charge is 0.814 e. The molecule has 1 fully saturated rings. The molecular formula is C22H27N3Pd. The van der Waals surface area contributed by atoms with Crippen molar-refractivity contribution in [3.63, 3.8) is 0 Å². The molecule has 2 atom stereocenters. The summed E-state index contributed by atoms with van der Waals surface area (Å²) in [6.07, 6.45) is 8.91. The fourth-order valence-electron chi connectivity index (χ4n) is 2.78. The van der Waals surface area contributed by atoms with Gasteiger partial charge in [-0.3, -0.25) is 9.98 Å². The van der Waals surface area contributed by atoms with Crippen molar-refractivity contribution < 1.29 is 20.4 Å². The fourth-order valence-corrected chi connectivity index (χ4v) is 2.78.